The lowest BCUT2D eigenvalue weighted by Crippen LogP contribution is -2.36. The topological polar surface area (TPSA) is 96.5 Å². The van der Waals surface area contributed by atoms with Crippen molar-refractivity contribution >= 4 is 22.4 Å². The molecular weight excluding hydrogens is 380 g/mol. The summed E-state index contributed by atoms with van der Waals surface area (Å²) in [7, 11) is 1.84. The third-order valence-electron chi connectivity index (χ3n) is 5.77. The molecule has 3 aromatic heterocycles. The standard InChI is InChI=1S/C22H24N6O2/c1-13-21-14(12-27(2)26-21)10-16(22(13)30)17-11-20(29)28-18(4-3-5-19(28)25-17)24-15-6-8-23-9-7-15/h3-5,10-12,15,23-24,30H,6-9H2,1-2H3. The van der Waals surface area contributed by atoms with Crippen molar-refractivity contribution in [3.63, 3.8) is 0 Å². The van der Waals surface area contributed by atoms with Crippen molar-refractivity contribution in [2.45, 2.75) is 25.8 Å². The molecule has 30 heavy (non-hydrogen) atoms. The number of phenolic OH excluding ortho intramolecular Hbond substituents is 1. The first kappa shape index (κ1) is 18.6. The molecule has 1 saturated heterocycles. The van der Waals surface area contributed by atoms with Crippen molar-refractivity contribution in [2.75, 3.05) is 18.4 Å². The second-order valence-corrected chi connectivity index (χ2v) is 7.89. The maximum absolute atomic E-state index is 13.1. The molecule has 0 unspecified atom stereocenters. The van der Waals surface area contributed by atoms with E-state index < -0.39 is 0 Å². The Morgan fingerprint density at radius 1 is 1.23 bits per heavy atom. The SMILES string of the molecule is Cc1c(O)c(-c2cc(=O)n3c(NC4CCNCC4)cccc3n2)cc2cn(C)nc12. The van der Waals surface area contributed by atoms with Crippen molar-refractivity contribution in [3.05, 3.63) is 52.4 Å². The molecule has 0 atom stereocenters. The van der Waals surface area contributed by atoms with Crippen LogP contribution in [0.2, 0.25) is 0 Å². The highest BCUT2D eigenvalue weighted by Gasteiger charge is 2.18. The van der Waals surface area contributed by atoms with Crippen molar-refractivity contribution in [1.82, 2.24) is 24.5 Å². The van der Waals surface area contributed by atoms with Gasteiger partial charge >= 0.3 is 0 Å². The Labute approximate surface area is 173 Å². The number of piperidine rings is 1. The molecule has 154 valence electrons. The number of pyridine rings is 1. The predicted molar refractivity (Wildman–Crippen MR) is 117 cm³/mol. The number of nitrogens with zero attached hydrogens (tertiary/aromatic N) is 4. The number of aromatic hydroxyl groups is 1. The van der Waals surface area contributed by atoms with Gasteiger partial charge in [0, 0.05) is 41.9 Å². The zero-order valence-electron chi connectivity index (χ0n) is 17.0. The van der Waals surface area contributed by atoms with Crippen LogP contribution in [0.25, 0.3) is 27.8 Å². The van der Waals surface area contributed by atoms with Crippen LogP contribution in [0.1, 0.15) is 18.4 Å². The highest BCUT2D eigenvalue weighted by atomic mass is 16.3. The number of hydrogen-bond donors (Lipinski definition) is 3. The molecule has 4 heterocycles. The van der Waals surface area contributed by atoms with Crippen LogP contribution < -0.4 is 16.2 Å². The van der Waals surface area contributed by atoms with Crippen LogP contribution in [0.5, 0.6) is 5.75 Å². The first-order valence-corrected chi connectivity index (χ1v) is 10.2. The number of hydrogen-bond acceptors (Lipinski definition) is 6. The fourth-order valence-corrected chi connectivity index (χ4v) is 4.22. The van der Waals surface area contributed by atoms with E-state index in [4.69, 9.17) is 4.98 Å². The third kappa shape index (κ3) is 3.09. The average molecular weight is 404 g/mol. The summed E-state index contributed by atoms with van der Waals surface area (Å²) in [5, 5.41) is 22.9. The first-order chi connectivity index (χ1) is 14.5. The van der Waals surface area contributed by atoms with E-state index in [9.17, 15) is 9.90 Å². The molecule has 0 saturated carbocycles. The molecule has 1 fully saturated rings. The van der Waals surface area contributed by atoms with E-state index in [1.54, 1.807) is 9.08 Å². The zero-order valence-corrected chi connectivity index (χ0v) is 17.0. The number of phenols is 1. The smallest absolute Gasteiger partial charge is 0.260 e. The van der Waals surface area contributed by atoms with Crippen LogP contribution in [0.3, 0.4) is 0 Å². The van der Waals surface area contributed by atoms with Gasteiger partial charge in [0.05, 0.1) is 11.2 Å². The van der Waals surface area contributed by atoms with Crippen LogP contribution in [-0.2, 0) is 7.05 Å². The highest BCUT2D eigenvalue weighted by molar-refractivity contribution is 5.90. The van der Waals surface area contributed by atoms with E-state index in [0.717, 1.165) is 42.7 Å². The summed E-state index contributed by atoms with van der Waals surface area (Å²) in [6.45, 7) is 3.76. The molecule has 1 aliphatic rings. The van der Waals surface area contributed by atoms with Crippen LogP contribution >= 0.6 is 0 Å². The van der Waals surface area contributed by atoms with Gasteiger partial charge in [-0.2, -0.15) is 5.10 Å². The van der Waals surface area contributed by atoms with E-state index >= 15 is 0 Å². The van der Waals surface area contributed by atoms with Gasteiger partial charge < -0.3 is 15.7 Å². The molecule has 0 aliphatic carbocycles. The maximum atomic E-state index is 13.1. The highest BCUT2D eigenvalue weighted by Crippen LogP contribution is 2.35. The first-order valence-electron chi connectivity index (χ1n) is 10.2. The molecule has 1 aliphatic heterocycles. The lowest BCUT2D eigenvalue weighted by molar-refractivity contribution is 0.474. The summed E-state index contributed by atoms with van der Waals surface area (Å²) in [6, 6.07) is 9.25. The number of benzene rings is 1. The molecule has 8 heteroatoms. The van der Waals surface area contributed by atoms with Crippen LogP contribution in [0, 0.1) is 6.92 Å². The molecule has 0 spiro atoms. The van der Waals surface area contributed by atoms with Crippen LogP contribution in [0.15, 0.2) is 41.3 Å². The largest absolute Gasteiger partial charge is 0.507 e. The third-order valence-corrected chi connectivity index (χ3v) is 5.77. The molecule has 5 rings (SSSR count). The minimum Gasteiger partial charge on any atom is -0.507 e. The molecule has 0 radical (unpaired) electrons. The number of nitrogens with one attached hydrogen (secondary N) is 2. The molecule has 3 N–H and O–H groups in total. The molecule has 1 aromatic carbocycles. The van der Waals surface area contributed by atoms with E-state index in [0.29, 0.717) is 28.5 Å². The van der Waals surface area contributed by atoms with E-state index in [-0.39, 0.29) is 11.3 Å². The summed E-state index contributed by atoms with van der Waals surface area (Å²) in [6.07, 6.45) is 3.91. The molecule has 4 aromatic rings. The molecule has 0 bridgehead atoms. The summed E-state index contributed by atoms with van der Waals surface area (Å²) >= 11 is 0. The summed E-state index contributed by atoms with van der Waals surface area (Å²) < 4.78 is 3.31. The Morgan fingerprint density at radius 3 is 2.83 bits per heavy atom. The minimum atomic E-state index is -0.185. The van der Waals surface area contributed by atoms with Crippen molar-refractivity contribution in [2.24, 2.45) is 7.05 Å². The van der Waals surface area contributed by atoms with E-state index in [1.165, 1.54) is 6.07 Å². The number of fused-ring (bicyclic) bond motifs is 2. The van der Waals surface area contributed by atoms with Gasteiger partial charge in [0.25, 0.3) is 5.56 Å². The summed E-state index contributed by atoms with van der Waals surface area (Å²) in [4.78, 5) is 17.8. The van der Waals surface area contributed by atoms with Gasteiger partial charge in [-0.15, -0.1) is 0 Å². The normalized spacial score (nSPS) is 15.1. The minimum absolute atomic E-state index is 0.0986. The molecule has 0 amide bonds. The number of aryl methyl sites for hydroxylation is 2. The van der Waals surface area contributed by atoms with Gasteiger partial charge in [-0.25, -0.2) is 9.38 Å². The Bertz CT molecular complexity index is 1320. The van der Waals surface area contributed by atoms with Gasteiger partial charge in [0.15, 0.2) is 0 Å². The van der Waals surface area contributed by atoms with Gasteiger partial charge in [0.1, 0.15) is 17.2 Å². The fourth-order valence-electron chi connectivity index (χ4n) is 4.22. The van der Waals surface area contributed by atoms with Crippen LogP contribution in [0.4, 0.5) is 5.82 Å². The Hall–Kier alpha value is -3.39. The van der Waals surface area contributed by atoms with Gasteiger partial charge in [0.2, 0.25) is 0 Å². The molecular formula is C22H24N6O2. The Balaban J connectivity index is 1.63. The number of anilines is 1. The quantitative estimate of drug-likeness (QED) is 0.485. The Kier molecular flexibility index (Phi) is 4.43. The van der Waals surface area contributed by atoms with Gasteiger partial charge in [-0.05, 0) is 51.1 Å². The van der Waals surface area contributed by atoms with Gasteiger partial charge in [-0.3, -0.25) is 9.48 Å². The van der Waals surface area contributed by atoms with Crippen molar-refractivity contribution in [1.29, 1.82) is 0 Å². The van der Waals surface area contributed by atoms with E-state index in [2.05, 4.69) is 15.7 Å². The predicted octanol–water partition coefficient (Wildman–Crippen LogP) is 2.43. The van der Waals surface area contributed by atoms with Crippen molar-refractivity contribution < 1.29 is 5.11 Å². The summed E-state index contributed by atoms with van der Waals surface area (Å²) in [5.74, 6) is 0.841. The number of aromatic nitrogens is 4. The van der Waals surface area contributed by atoms with Gasteiger partial charge in [-0.1, -0.05) is 6.07 Å². The fraction of sp³-hybridized carbons (Fsp3) is 0.318. The maximum Gasteiger partial charge on any atom is 0.260 e. The second-order valence-electron chi connectivity index (χ2n) is 7.89. The summed E-state index contributed by atoms with van der Waals surface area (Å²) in [5.41, 5.74) is 2.75. The monoisotopic (exact) mass is 404 g/mol. The zero-order chi connectivity index (χ0) is 20.8. The second kappa shape index (κ2) is 7.14. The van der Waals surface area contributed by atoms with Crippen molar-refractivity contribution in [3.8, 4) is 17.0 Å². The molecule has 8 nitrogen and oxygen atoms in total. The lowest BCUT2D eigenvalue weighted by Gasteiger charge is -2.25. The lowest BCUT2D eigenvalue weighted by atomic mass is 10.0. The number of rotatable bonds is 3. The average Bonchev–Trinajstić information content (AvgIpc) is 3.12. The van der Waals surface area contributed by atoms with E-state index in [1.807, 2.05) is 44.4 Å². The Morgan fingerprint density at radius 2 is 2.03 bits per heavy atom. The van der Waals surface area contributed by atoms with Crippen LogP contribution in [-0.4, -0.2) is 43.4 Å².